The molecule has 1 aliphatic rings. The number of carbonyl (C=O) groups excluding carboxylic acids is 2. The summed E-state index contributed by atoms with van der Waals surface area (Å²) in [5.74, 6) is -3.74. The molecular weight excluding hydrogens is 549 g/mol. The molecule has 0 bridgehead atoms. The summed E-state index contributed by atoms with van der Waals surface area (Å²) < 4.78 is 49.7. The number of carbonyl (C=O) groups is 2. The maximum absolute atomic E-state index is 14.8. The normalized spacial score (nSPS) is 19.6. The van der Waals surface area contributed by atoms with Gasteiger partial charge in [0.05, 0.1) is 23.6 Å². The molecule has 2 amide bonds. The number of aliphatic hydroxyl groups excluding tert-OH is 1. The van der Waals surface area contributed by atoms with Gasteiger partial charge < -0.3 is 20.5 Å². The molecule has 1 aromatic carbocycles. The Morgan fingerprint density at radius 1 is 1.05 bits per heavy atom. The molecule has 2 heterocycles. The molecule has 4 atom stereocenters. The first-order valence-electron chi connectivity index (χ1n) is 13.8. The Labute approximate surface area is 242 Å². The number of nitrogens with one attached hydrogen (secondary N) is 2. The van der Waals surface area contributed by atoms with Crippen molar-refractivity contribution in [3.05, 3.63) is 77.0 Å². The van der Waals surface area contributed by atoms with Gasteiger partial charge in [0.15, 0.2) is 0 Å². The van der Waals surface area contributed by atoms with Gasteiger partial charge in [-0.3, -0.25) is 9.78 Å². The SMILES string of the molecule is C[C@@H]1C[C@H](NC(=O)OC(C)(C)C)C[C@H](c2ccncc2NC(=O)c2ccc(F)c(-c3c(F)cc([C@H](C)O)cc3F)n2)C1. The minimum absolute atomic E-state index is 0.0206. The van der Waals surface area contributed by atoms with E-state index in [0.717, 1.165) is 42.7 Å². The summed E-state index contributed by atoms with van der Waals surface area (Å²) in [4.78, 5) is 33.7. The number of nitrogens with zero attached hydrogens (tertiary/aromatic N) is 2. The lowest BCUT2D eigenvalue weighted by molar-refractivity contribution is 0.0482. The van der Waals surface area contributed by atoms with E-state index in [1.165, 1.54) is 13.1 Å². The summed E-state index contributed by atoms with van der Waals surface area (Å²) >= 11 is 0. The zero-order valence-electron chi connectivity index (χ0n) is 24.2. The lowest BCUT2D eigenvalue weighted by Gasteiger charge is -2.35. The summed E-state index contributed by atoms with van der Waals surface area (Å²) in [6.07, 6.45) is 3.65. The van der Waals surface area contributed by atoms with Gasteiger partial charge in [0, 0.05) is 12.2 Å². The topological polar surface area (TPSA) is 113 Å². The molecule has 0 saturated heterocycles. The van der Waals surface area contributed by atoms with Crippen molar-refractivity contribution >= 4 is 17.7 Å². The number of benzene rings is 1. The van der Waals surface area contributed by atoms with Crippen molar-refractivity contribution in [1.82, 2.24) is 15.3 Å². The van der Waals surface area contributed by atoms with E-state index in [-0.39, 0.29) is 29.1 Å². The quantitative estimate of drug-likeness (QED) is 0.299. The smallest absolute Gasteiger partial charge is 0.407 e. The van der Waals surface area contributed by atoms with E-state index < -0.39 is 52.4 Å². The van der Waals surface area contributed by atoms with Crippen LogP contribution in [0.4, 0.5) is 23.7 Å². The second-order valence-electron chi connectivity index (χ2n) is 11.8. The zero-order chi connectivity index (χ0) is 30.8. The van der Waals surface area contributed by atoms with Crippen LogP contribution in [0.3, 0.4) is 0 Å². The van der Waals surface area contributed by atoms with Gasteiger partial charge in [0.1, 0.15) is 34.4 Å². The Balaban J connectivity index is 1.57. The fraction of sp³-hybridized carbons (Fsp3) is 0.419. The molecule has 0 radical (unpaired) electrons. The summed E-state index contributed by atoms with van der Waals surface area (Å²) in [5, 5.41) is 15.4. The number of amides is 2. The summed E-state index contributed by atoms with van der Waals surface area (Å²) in [6.45, 7) is 8.82. The zero-order valence-corrected chi connectivity index (χ0v) is 24.2. The number of alkyl carbamates (subject to hydrolysis) is 1. The third-order valence-corrected chi connectivity index (χ3v) is 7.07. The second kappa shape index (κ2) is 12.5. The number of rotatable bonds is 6. The average molecular weight is 585 g/mol. The van der Waals surface area contributed by atoms with Crippen LogP contribution in [0.2, 0.25) is 0 Å². The average Bonchev–Trinajstić information content (AvgIpc) is 2.88. The second-order valence-corrected chi connectivity index (χ2v) is 11.8. The molecule has 0 unspecified atom stereocenters. The Hall–Kier alpha value is -3.99. The molecule has 0 spiro atoms. The van der Waals surface area contributed by atoms with Crippen molar-refractivity contribution in [3.63, 3.8) is 0 Å². The fourth-order valence-electron chi connectivity index (χ4n) is 5.31. The lowest BCUT2D eigenvalue weighted by atomic mass is 9.76. The van der Waals surface area contributed by atoms with Crippen molar-refractivity contribution in [2.75, 3.05) is 5.32 Å². The third kappa shape index (κ3) is 7.44. The molecule has 2 aromatic heterocycles. The predicted molar refractivity (Wildman–Crippen MR) is 151 cm³/mol. The molecule has 8 nitrogen and oxygen atoms in total. The number of hydrogen-bond donors (Lipinski definition) is 3. The van der Waals surface area contributed by atoms with Gasteiger partial charge in [0.25, 0.3) is 5.91 Å². The van der Waals surface area contributed by atoms with E-state index in [1.807, 2.05) is 0 Å². The highest BCUT2D eigenvalue weighted by Crippen LogP contribution is 2.39. The van der Waals surface area contributed by atoms with Crippen LogP contribution in [-0.4, -0.2) is 38.7 Å². The number of aromatic nitrogens is 2. The molecule has 4 rings (SSSR count). The third-order valence-electron chi connectivity index (χ3n) is 7.07. The van der Waals surface area contributed by atoms with E-state index in [1.54, 1.807) is 33.0 Å². The molecule has 1 aliphatic carbocycles. The largest absolute Gasteiger partial charge is 0.444 e. The minimum atomic E-state index is -1.14. The Morgan fingerprint density at radius 2 is 1.74 bits per heavy atom. The van der Waals surface area contributed by atoms with Crippen molar-refractivity contribution < 1.29 is 32.6 Å². The molecule has 3 N–H and O–H groups in total. The van der Waals surface area contributed by atoms with Crippen LogP contribution in [-0.2, 0) is 4.74 Å². The van der Waals surface area contributed by atoms with E-state index in [2.05, 4.69) is 27.5 Å². The Bertz CT molecular complexity index is 1450. The molecule has 1 fully saturated rings. The van der Waals surface area contributed by atoms with Gasteiger partial charge in [-0.2, -0.15) is 0 Å². The van der Waals surface area contributed by atoms with Gasteiger partial charge in [-0.15, -0.1) is 0 Å². The summed E-state index contributed by atoms with van der Waals surface area (Å²) in [7, 11) is 0. The van der Waals surface area contributed by atoms with Crippen molar-refractivity contribution in [3.8, 4) is 11.3 Å². The number of hydrogen-bond acceptors (Lipinski definition) is 6. The van der Waals surface area contributed by atoms with Gasteiger partial charge in [-0.05, 0) is 100 Å². The molecule has 224 valence electrons. The van der Waals surface area contributed by atoms with Crippen LogP contribution in [0.5, 0.6) is 0 Å². The van der Waals surface area contributed by atoms with Gasteiger partial charge >= 0.3 is 6.09 Å². The number of anilines is 1. The predicted octanol–water partition coefficient (Wildman–Crippen LogP) is 6.66. The van der Waals surface area contributed by atoms with Gasteiger partial charge in [-0.25, -0.2) is 22.9 Å². The van der Waals surface area contributed by atoms with Crippen LogP contribution in [0.1, 0.15) is 87.5 Å². The van der Waals surface area contributed by atoms with E-state index in [0.29, 0.717) is 12.1 Å². The number of pyridine rings is 2. The maximum Gasteiger partial charge on any atom is 0.407 e. The standard InChI is InChI=1S/C31H35F3N4O4/c1-16-10-19(12-20(11-16)36-30(41)42-31(3,4)5)21-8-9-35-15-26(21)38-29(40)25-7-6-22(32)28(37-25)27-23(33)13-18(17(2)39)14-24(27)34/h6-9,13-17,19-20,39H,10-12H2,1-5H3,(H,36,41)(H,38,40)/t16-,17-,19+,20-/m0/s1. The molecule has 11 heteroatoms. The first-order valence-corrected chi connectivity index (χ1v) is 13.8. The van der Waals surface area contributed by atoms with Crippen LogP contribution in [0.15, 0.2) is 42.7 Å². The van der Waals surface area contributed by atoms with Crippen molar-refractivity contribution in [2.45, 2.75) is 77.5 Å². The number of aliphatic hydroxyl groups is 1. The maximum atomic E-state index is 14.8. The number of halogens is 3. The highest BCUT2D eigenvalue weighted by Gasteiger charge is 2.31. The minimum Gasteiger partial charge on any atom is -0.444 e. The Morgan fingerprint density at radius 3 is 2.38 bits per heavy atom. The molecular formula is C31H35F3N4O4. The van der Waals surface area contributed by atoms with Crippen LogP contribution < -0.4 is 10.6 Å². The highest BCUT2D eigenvalue weighted by atomic mass is 19.1. The highest BCUT2D eigenvalue weighted by molar-refractivity contribution is 6.03. The lowest BCUT2D eigenvalue weighted by Crippen LogP contribution is -2.42. The van der Waals surface area contributed by atoms with Crippen molar-refractivity contribution in [1.29, 1.82) is 0 Å². The van der Waals surface area contributed by atoms with Crippen molar-refractivity contribution in [2.24, 2.45) is 5.92 Å². The van der Waals surface area contributed by atoms with Crippen LogP contribution in [0, 0.1) is 23.4 Å². The Kier molecular flexibility index (Phi) is 9.20. The first kappa shape index (κ1) is 31.0. The fourth-order valence-corrected chi connectivity index (χ4v) is 5.31. The van der Waals surface area contributed by atoms with Crippen LogP contribution >= 0.6 is 0 Å². The van der Waals surface area contributed by atoms with E-state index in [9.17, 15) is 27.9 Å². The first-order chi connectivity index (χ1) is 19.7. The van der Waals surface area contributed by atoms with Gasteiger partial charge in [0.2, 0.25) is 0 Å². The monoisotopic (exact) mass is 584 g/mol. The van der Waals surface area contributed by atoms with E-state index in [4.69, 9.17) is 4.74 Å². The summed E-state index contributed by atoms with van der Waals surface area (Å²) in [6, 6.07) is 5.48. The molecule has 42 heavy (non-hydrogen) atoms. The van der Waals surface area contributed by atoms with Crippen LogP contribution in [0.25, 0.3) is 11.3 Å². The number of ether oxygens (including phenoxy) is 1. The summed E-state index contributed by atoms with van der Waals surface area (Å²) in [5.41, 5.74) is -1.11. The van der Waals surface area contributed by atoms with E-state index >= 15 is 0 Å². The van der Waals surface area contributed by atoms with Gasteiger partial charge in [-0.1, -0.05) is 6.92 Å². The molecule has 3 aromatic rings. The molecule has 0 aliphatic heterocycles. The molecule has 1 saturated carbocycles.